The lowest BCUT2D eigenvalue weighted by Crippen LogP contribution is -2.30. The molecule has 3 aromatic rings. The van der Waals surface area contributed by atoms with E-state index in [1.807, 2.05) is 42.2 Å². The van der Waals surface area contributed by atoms with Crippen LogP contribution < -0.4 is 9.47 Å². The van der Waals surface area contributed by atoms with E-state index in [0.717, 1.165) is 17.5 Å². The first-order valence-electron chi connectivity index (χ1n) is 8.84. The molecule has 1 N–H and O–H groups in total. The van der Waals surface area contributed by atoms with Crippen LogP contribution in [0.25, 0.3) is 11.5 Å². The summed E-state index contributed by atoms with van der Waals surface area (Å²) in [7, 11) is 3.24. The summed E-state index contributed by atoms with van der Waals surface area (Å²) in [5, 5.41) is 7.27. The number of benzene rings is 1. The molecule has 140 valence electrons. The van der Waals surface area contributed by atoms with Gasteiger partial charge in [0.2, 0.25) is 0 Å². The summed E-state index contributed by atoms with van der Waals surface area (Å²) in [5.74, 6) is 1.93. The summed E-state index contributed by atoms with van der Waals surface area (Å²) < 4.78 is 16.6. The smallest absolute Gasteiger partial charge is 0.275 e. The van der Waals surface area contributed by atoms with Crippen LogP contribution >= 0.6 is 0 Å². The van der Waals surface area contributed by atoms with Crippen molar-refractivity contribution in [1.29, 1.82) is 0 Å². The Morgan fingerprint density at radius 2 is 2.11 bits per heavy atom. The molecule has 0 bridgehead atoms. The first-order chi connectivity index (χ1) is 13.2. The molecule has 4 rings (SSSR count). The zero-order valence-electron chi connectivity index (χ0n) is 15.5. The van der Waals surface area contributed by atoms with E-state index in [1.165, 1.54) is 0 Å². The number of methoxy groups -OCH3 is 2. The molecule has 0 radical (unpaired) electrons. The lowest BCUT2D eigenvalue weighted by Gasteiger charge is -2.27. The van der Waals surface area contributed by atoms with E-state index in [4.69, 9.17) is 13.9 Å². The Hall–Kier alpha value is -3.22. The Morgan fingerprint density at radius 1 is 1.26 bits per heavy atom. The maximum absolute atomic E-state index is 13.0. The minimum absolute atomic E-state index is 0.101. The van der Waals surface area contributed by atoms with E-state index in [0.29, 0.717) is 35.2 Å². The molecule has 1 aromatic carbocycles. The molecule has 7 heteroatoms. The van der Waals surface area contributed by atoms with Gasteiger partial charge in [-0.3, -0.25) is 9.89 Å². The molecule has 3 heterocycles. The summed E-state index contributed by atoms with van der Waals surface area (Å²) in [6.07, 6.45) is 2.43. The van der Waals surface area contributed by atoms with E-state index in [1.54, 1.807) is 20.5 Å². The Kier molecular flexibility index (Phi) is 4.35. The number of aromatic nitrogens is 2. The zero-order valence-corrected chi connectivity index (χ0v) is 15.5. The van der Waals surface area contributed by atoms with Crippen molar-refractivity contribution in [3.63, 3.8) is 0 Å². The lowest BCUT2D eigenvalue weighted by atomic mass is 9.96. The van der Waals surface area contributed by atoms with Gasteiger partial charge in [0, 0.05) is 17.7 Å². The fraction of sp³-hybridized carbons (Fsp3) is 0.300. The maximum Gasteiger partial charge on any atom is 0.275 e. The topological polar surface area (TPSA) is 80.6 Å². The Bertz CT molecular complexity index is 962. The van der Waals surface area contributed by atoms with Crippen LogP contribution in [0.1, 0.15) is 41.0 Å². The van der Waals surface area contributed by atoms with Gasteiger partial charge in [-0.05, 0) is 36.8 Å². The van der Waals surface area contributed by atoms with E-state index in [-0.39, 0.29) is 11.9 Å². The highest BCUT2D eigenvalue weighted by atomic mass is 16.5. The molecule has 1 aliphatic heterocycles. The van der Waals surface area contributed by atoms with E-state index < -0.39 is 0 Å². The second kappa shape index (κ2) is 6.83. The summed E-state index contributed by atoms with van der Waals surface area (Å²) in [6, 6.07) is 8.93. The average Bonchev–Trinajstić information content (AvgIpc) is 3.41. The van der Waals surface area contributed by atoms with Crippen LogP contribution in [0.15, 0.2) is 41.0 Å². The molecule has 0 fully saturated rings. The van der Waals surface area contributed by atoms with Crippen molar-refractivity contribution in [3.05, 3.63) is 53.4 Å². The van der Waals surface area contributed by atoms with Crippen LogP contribution in [0, 0.1) is 0 Å². The van der Waals surface area contributed by atoms with Crippen molar-refractivity contribution in [3.8, 4) is 23.0 Å². The van der Waals surface area contributed by atoms with Crippen molar-refractivity contribution in [2.45, 2.75) is 19.4 Å². The number of hydrogen-bond donors (Lipinski definition) is 1. The number of rotatable bonds is 6. The Morgan fingerprint density at radius 3 is 2.78 bits per heavy atom. The molecular weight excluding hydrogens is 346 g/mol. The highest BCUT2D eigenvalue weighted by Gasteiger charge is 2.43. The number of fused-ring (bicyclic) bond motifs is 1. The largest absolute Gasteiger partial charge is 0.497 e. The van der Waals surface area contributed by atoms with E-state index >= 15 is 0 Å². The third-order valence-electron chi connectivity index (χ3n) is 4.82. The second-order valence-corrected chi connectivity index (χ2v) is 6.35. The van der Waals surface area contributed by atoms with Crippen LogP contribution in [-0.4, -0.2) is 41.8 Å². The van der Waals surface area contributed by atoms with Gasteiger partial charge in [0.05, 0.1) is 26.5 Å². The van der Waals surface area contributed by atoms with Crippen molar-refractivity contribution in [1.82, 2.24) is 15.1 Å². The number of nitrogens with one attached hydrogen (secondary N) is 1. The first-order valence-corrected chi connectivity index (χ1v) is 8.84. The van der Waals surface area contributed by atoms with Gasteiger partial charge in [-0.15, -0.1) is 0 Å². The molecular formula is C20H21N3O4. The van der Waals surface area contributed by atoms with Gasteiger partial charge >= 0.3 is 0 Å². The molecule has 0 spiro atoms. The number of nitrogens with zero attached hydrogens (tertiary/aromatic N) is 2. The minimum Gasteiger partial charge on any atom is -0.497 e. The standard InChI is InChI=1S/C20H21N3O4/c1-4-9-23-19(13-11-12(25-2)7-8-14(13)26-3)16-17(15-6-5-10-27-15)21-22-18(16)20(23)24/h5-8,10-11,19H,4,9H2,1-3H3,(H,21,22)/t19-/m0/s1. The fourth-order valence-corrected chi connectivity index (χ4v) is 3.65. The molecule has 0 saturated heterocycles. The van der Waals surface area contributed by atoms with Crippen LogP contribution in [0.2, 0.25) is 0 Å². The number of furan rings is 1. The Labute approximate surface area is 156 Å². The van der Waals surface area contributed by atoms with Gasteiger partial charge in [0.25, 0.3) is 5.91 Å². The molecule has 2 aromatic heterocycles. The first kappa shape index (κ1) is 17.2. The van der Waals surface area contributed by atoms with E-state index in [2.05, 4.69) is 10.2 Å². The number of amides is 1. The van der Waals surface area contributed by atoms with Crippen LogP contribution in [0.5, 0.6) is 11.5 Å². The third kappa shape index (κ3) is 2.66. The van der Waals surface area contributed by atoms with Gasteiger partial charge in [0.1, 0.15) is 17.2 Å². The predicted octanol–water partition coefficient (Wildman–Crippen LogP) is 3.64. The predicted molar refractivity (Wildman–Crippen MR) is 99.0 cm³/mol. The number of aromatic amines is 1. The van der Waals surface area contributed by atoms with Crippen molar-refractivity contribution in [2.75, 3.05) is 20.8 Å². The second-order valence-electron chi connectivity index (χ2n) is 6.35. The van der Waals surface area contributed by atoms with Gasteiger partial charge in [-0.25, -0.2) is 0 Å². The molecule has 0 aliphatic carbocycles. The number of ether oxygens (including phenoxy) is 2. The molecule has 1 aliphatic rings. The van der Waals surface area contributed by atoms with Crippen molar-refractivity contribution in [2.24, 2.45) is 0 Å². The number of carbonyl (C=O) groups is 1. The van der Waals surface area contributed by atoms with Crippen LogP contribution in [-0.2, 0) is 0 Å². The highest BCUT2D eigenvalue weighted by Crippen LogP contribution is 2.46. The van der Waals surface area contributed by atoms with Gasteiger partial charge in [0.15, 0.2) is 11.5 Å². The summed E-state index contributed by atoms with van der Waals surface area (Å²) >= 11 is 0. The lowest BCUT2D eigenvalue weighted by molar-refractivity contribution is 0.0742. The van der Waals surface area contributed by atoms with Gasteiger partial charge < -0.3 is 18.8 Å². The molecule has 0 unspecified atom stereocenters. The van der Waals surface area contributed by atoms with Crippen molar-refractivity contribution >= 4 is 5.91 Å². The van der Waals surface area contributed by atoms with Crippen molar-refractivity contribution < 1.29 is 18.7 Å². The summed E-state index contributed by atoms with van der Waals surface area (Å²) in [5.41, 5.74) is 2.78. The van der Waals surface area contributed by atoms with E-state index in [9.17, 15) is 4.79 Å². The number of H-pyrrole nitrogens is 1. The number of carbonyl (C=O) groups excluding carboxylic acids is 1. The molecule has 0 saturated carbocycles. The molecule has 27 heavy (non-hydrogen) atoms. The fourth-order valence-electron chi connectivity index (χ4n) is 3.65. The molecule has 1 atom stereocenters. The summed E-state index contributed by atoms with van der Waals surface area (Å²) in [6.45, 7) is 2.65. The SMILES string of the molecule is CCCN1C(=O)c2n[nH]c(-c3ccco3)c2[C@@H]1c1cc(OC)ccc1OC. The maximum atomic E-state index is 13.0. The van der Waals surface area contributed by atoms with Gasteiger partial charge in [-0.1, -0.05) is 6.92 Å². The normalized spacial score (nSPS) is 15.9. The number of hydrogen-bond acceptors (Lipinski definition) is 5. The third-order valence-corrected chi connectivity index (χ3v) is 4.82. The highest BCUT2D eigenvalue weighted by molar-refractivity contribution is 6.00. The van der Waals surface area contributed by atoms with Crippen LogP contribution in [0.4, 0.5) is 0 Å². The average molecular weight is 367 g/mol. The van der Waals surface area contributed by atoms with Crippen LogP contribution in [0.3, 0.4) is 0 Å². The monoisotopic (exact) mass is 367 g/mol. The van der Waals surface area contributed by atoms with Gasteiger partial charge in [-0.2, -0.15) is 5.10 Å². The zero-order chi connectivity index (χ0) is 19.0. The quantitative estimate of drug-likeness (QED) is 0.719. The molecule has 7 nitrogen and oxygen atoms in total. The summed E-state index contributed by atoms with van der Waals surface area (Å²) in [4.78, 5) is 14.9. The minimum atomic E-state index is -0.337. The Balaban J connectivity index is 1.94. The molecule has 1 amide bonds.